The Morgan fingerprint density at radius 3 is 2.50 bits per heavy atom. The van der Waals surface area contributed by atoms with Gasteiger partial charge in [0.05, 0.1) is 6.42 Å². The van der Waals surface area contributed by atoms with Gasteiger partial charge in [-0.3, -0.25) is 4.79 Å². The summed E-state index contributed by atoms with van der Waals surface area (Å²) in [7, 11) is 0. The number of benzene rings is 1. The van der Waals surface area contributed by atoms with Crippen LogP contribution in [0.15, 0.2) is 35.4 Å². The average molecular weight is 218 g/mol. The van der Waals surface area contributed by atoms with E-state index in [1.54, 1.807) is 0 Å². The van der Waals surface area contributed by atoms with Crippen LogP contribution in [0.3, 0.4) is 0 Å². The fraction of sp³-hybridized carbons (Fsp3) is 0.385. The van der Waals surface area contributed by atoms with Crippen LogP contribution in [0, 0.1) is 5.92 Å². The molecular weight excluding hydrogens is 200 g/mol. The lowest BCUT2D eigenvalue weighted by molar-refractivity contribution is -0.120. The Morgan fingerprint density at radius 1 is 1.31 bits per heavy atom. The van der Waals surface area contributed by atoms with Crippen LogP contribution in [0.5, 0.6) is 0 Å². The van der Waals surface area contributed by atoms with E-state index in [1.165, 1.54) is 0 Å². The maximum Gasteiger partial charge on any atom is 0.244 e. The molecule has 86 valence electrons. The number of hydrazone groups is 1. The maximum absolute atomic E-state index is 11.5. The van der Waals surface area contributed by atoms with Gasteiger partial charge in [-0.1, -0.05) is 44.2 Å². The Hall–Kier alpha value is -1.64. The summed E-state index contributed by atoms with van der Waals surface area (Å²) in [5.74, 6) is 0.281. The van der Waals surface area contributed by atoms with Crippen LogP contribution >= 0.6 is 0 Å². The van der Waals surface area contributed by atoms with E-state index in [9.17, 15) is 4.79 Å². The topological polar surface area (TPSA) is 41.5 Å². The van der Waals surface area contributed by atoms with Crippen LogP contribution in [0.2, 0.25) is 0 Å². The zero-order valence-corrected chi connectivity index (χ0v) is 10.0. The molecule has 0 aliphatic carbocycles. The van der Waals surface area contributed by atoms with E-state index < -0.39 is 0 Å². The summed E-state index contributed by atoms with van der Waals surface area (Å²) in [6.07, 6.45) is 0.371. The van der Waals surface area contributed by atoms with Gasteiger partial charge in [-0.25, -0.2) is 5.43 Å². The highest BCUT2D eigenvalue weighted by molar-refractivity contribution is 5.86. The minimum atomic E-state index is -0.0776. The zero-order chi connectivity index (χ0) is 12.0. The van der Waals surface area contributed by atoms with Crippen LogP contribution < -0.4 is 5.43 Å². The van der Waals surface area contributed by atoms with Crippen molar-refractivity contribution in [3.8, 4) is 0 Å². The van der Waals surface area contributed by atoms with E-state index in [4.69, 9.17) is 0 Å². The maximum atomic E-state index is 11.5. The minimum absolute atomic E-state index is 0.0776. The number of hydrogen-bond acceptors (Lipinski definition) is 2. The third-order valence-corrected chi connectivity index (χ3v) is 2.40. The third kappa shape index (κ3) is 4.26. The van der Waals surface area contributed by atoms with Gasteiger partial charge in [0.2, 0.25) is 5.91 Å². The van der Waals surface area contributed by atoms with Gasteiger partial charge in [-0.05, 0) is 18.4 Å². The molecule has 3 heteroatoms. The second-order valence-electron chi connectivity index (χ2n) is 4.11. The van der Waals surface area contributed by atoms with Gasteiger partial charge in [-0.15, -0.1) is 0 Å². The minimum Gasteiger partial charge on any atom is -0.273 e. The molecule has 1 rings (SSSR count). The van der Waals surface area contributed by atoms with Crippen molar-refractivity contribution in [3.05, 3.63) is 35.9 Å². The molecule has 0 unspecified atom stereocenters. The van der Waals surface area contributed by atoms with Gasteiger partial charge >= 0.3 is 0 Å². The molecule has 1 N–H and O–H groups in total. The van der Waals surface area contributed by atoms with Gasteiger partial charge in [0, 0.05) is 5.71 Å². The predicted molar refractivity (Wildman–Crippen MR) is 66.2 cm³/mol. The third-order valence-electron chi connectivity index (χ3n) is 2.40. The molecule has 0 aliphatic rings. The number of rotatable bonds is 4. The zero-order valence-electron chi connectivity index (χ0n) is 10.0. The molecule has 0 radical (unpaired) electrons. The molecular formula is C13H18N2O. The largest absolute Gasteiger partial charge is 0.273 e. The molecule has 0 spiro atoms. The van der Waals surface area contributed by atoms with Crippen molar-refractivity contribution in [2.24, 2.45) is 11.0 Å². The van der Waals surface area contributed by atoms with Crippen molar-refractivity contribution < 1.29 is 4.79 Å². The summed E-state index contributed by atoms with van der Waals surface area (Å²) in [5, 5.41) is 4.04. The lowest BCUT2D eigenvalue weighted by atomic mass is 10.1. The van der Waals surface area contributed by atoms with Gasteiger partial charge in [-0.2, -0.15) is 5.10 Å². The SMILES string of the molecule is CC(=NNC(=O)Cc1ccccc1)C(C)C. The molecule has 0 bridgehead atoms. The fourth-order valence-electron chi connectivity index (χ4n) is 1.10. The van der Waals surface area contributed by atoms with E-state index in [2.05, 4.69) is 10.5 Å². The van der Waals surface area contributed by atoms with E-state index >= 15 is 0 Å². The van der Waals surface area contributed by atoms with Gasteiger partial charge in [0.1, 0.15) is 0 Å². The number of hydrogen-bond donors (Lipinski definition) is 1. The Kier molecular flexibility index (Phi) is 4.70. The molecule has 16 heavy (non-hydrogen) atoms. The normalized spacial score (nSPS) is 11.6. The Balaban J connectivity index is 2.46. The first-order chi connectivity index (χ1) is 7.59. The second kappa shape index (κ2) is 6.05. The van der Waals surface area contributed by atoms with E-state index in [1.807, 2.05) is 51.1 Å². The van der Waals surface area contributed by atoms with E-state index in [-0.39, 0.29) is 5.91 Å². The van der Waals surface area contributed by atoms with E-state index in [0.29, 0.717) is 12.3 Å². The predicted octanol–water partition coefficient (Wildman–Crippen LogP) is 2.38. The van der Waals surface area contributed by atoms with Crippen molar-refractivity contribution >= 4 is 11.6 Å². The molecule has 1 aromatic carbocycles. The van der Waals surface area contributed by atoms with Crippen molar-refractivity contribution in [2.75, 3.05) is 0 Å². The summed E-state index contributed by atoms with van der Waals surface area (Å²) in [6.45, 7) is 6.00. The first kappa shape index (κ1) is 12.4. The molecule has 1 aromatic rings. The molecule has 0 heterocycles. The van der Waals surface area contributed by atoms with Crippen LogP contribution in [0.1, 0.15) is 26.3 Å². The number of amides is 1. The summed E-state index contributed by atoms with van der Waals surface area (Å²) >= 11 is 0. The molecule has 0 atom stereocenters. The Labute approximate surface area is 96.6 Å². The number of nitrogens with zero attached hydrogens (tertiary/aromatic N) is 1. The van der Waals surface area contributed by atoms with Crippen molar-refractivity contribution in [2.45, 2.75) is 27.2 Å². The number of nitrogens with one attached hydrogen (secondary N) is 1. The highest BCUT2D eigenvalue weighted by atomic mass is 16.2. The smallest absolute Gasteiger partial charge is 0.244 e. The van der Waals surface area contributed by atoms with Crippen LogP contribution in [-0.2, 0) is 11.2 Å². The molecule has 0 saturated carbocycles. The number of carbonyl (C=O) groups excluding carboxylic acids is 1. The average Bonchev–Trinajstić information content (AvgIpc) is 2.27. The monoisotopic (exact) mass is 218 g/mol. The number of carbonyl (C=O) groups is 1. The summed E-state index contributed by atoms with van der Waals surface area (Å²) in [5.41, 5.74) is 4.49. The van der Waals surface area contributed by atoms with Crippen LogP contribution in [0.25, 0.3) is 0 Å². The molecule has 0 fully saturated rings. The molecule has 0 saturated heterocycles. The van der Waals surface area contributed by atoms with E-state index in [0.717, 1.165) is 11.3 Å². The molecule has 0 aromatic heterocycles. The molecule has 0 aliphatic heterocycles. The quantitative estimate of drug-likeness (QED) is 0.612. The first-order valence-corrected chi connectivity index (χ1v) is 5.46. The highest BCUT2D eigenvalue weighted by Crippen LogP contribution is 1.99. The first-order valence-electron chi connectivity index (χ1n) is 5.46. The van der Waals surface area contributed by atoms with Gasteiger partial charge < -0.3 is 0 Å². The summed E-state index contributed by atoms with van der Waals surface area (Å²) in [6, 6.07) is 9.64. The highest BCUT2D eigenvalue weighted by Gasteiger charge is 2.02. The lowest BCUT2D eigenvalue weighted by Gasteiger charge is -2.04. The summed E-state index contributed by atoms with van der Waals surface area (Å²) in [4.78, 5) is 11.5. The van der Waals surface area contributed by atoms with Gasteiger partial charge in [0.15, 0.2) is 0 Å². The van der Waals surface area contributed by atoms with Crippen LogP contribution in [-0.4, -0.2) is 11.6 Å². The Bertz CT molecular complexity index is 369. The van der Waals surface area contributed by atoms with Crippen LogP contribution in [0.4, 0.5) is 0 Å². The van der Waals surface area contributed by atoms with Gasteiger partial charge in [0.25, 0.3) is 0 Å². The van der Waals surface area contributed by atoms with Crippen molar-refractivity contribution in [3.63, 3.8) is 0 Å². The molecule has 1 amide bonds. The fourth-order valence-corrected chi connectivity index (χ4v) is 1.10. The second-order valence-corrected chi connectivity index (χ2v) is 4.11. The lowest BCUT2D eigenvalue weighted by Crippen LogP contribution is -2.22. The summed E-state index contributed by atoms with van der Waals surface area (Å²) < 4.78 is 0. The molecule has 3 nitrogen and oxygen atoms in total. The standard InChI is InChI=1S/C13H18N2O/c1-10(2)11(3)14-15-13(16)9-12-7-5-4-6-8-12/h4-8,10H,9H2,1-3H3,(H,15,16). The Morgan fingerprint density at radius 2 is 1.94 bits per heavy atom. The van der Waals surface area contributed by atoms with Crippen molar-refractivity contribution in [1.29, 1.82) is 0 Å². The van der Waals surface area contributed by atoms with Crippen molar-refractivity contribution in [1.82, 2.24) is 5.43 Å².